The van der Waals surface area contributed by atoms with E-state index in [1.807, 2.05) is 13.0 Å². The van der Waals surface area contributed by atoms with Crippen LogP contribution in [0.1, 0.15) is 11.1 Å². The molecule has 0 bridgehead atoms. The molecule has 0 aliphatic carbocycles. The Kier molecular flexibility index (Phi) is 2.12. The summed E-state index contributed by atoms with van der Waals surface area (Å²) in [5.74, 6) is 0.732. The van der Waals surface area contributed by atoms with Crippen LogP contribution in [0.15, 0.2) is 17.0 Å². The van der Waals surface area contributed by atoms with Crippen molar-refractivity contribution in [1.29, 1.82) is 0 Å². The van der Waals surface area contributed by atoms with Crippen molar-refractivity contribution in [3.8, 4) is 0 Å². The SMILES string of the molecule is Cc1cc(C)c2c(c1)S(=O)CCN2. The van der Waals surface area contributed by atoms with Gasteiger partial charge in [0.2, 0.25) is 0 Å². The van der Waals surface area contributed by atoms with Crippen LogP contribution in [0.3, 0.4) is 0 Å². The van der Waals surface area contributed by atoms with E-state index < -0.39 is 10.8 Å². The van der Waals surface area contributed by atoms with E-state index in [1.54, 1.807) is 0 Å². The van der Waals surface area contributed by atoms with Crippen LogP contribution in [-0.2, 0) is 10.8 Å². The van der Waals surface area contributed by atoms with Gasteiger partial charge in [0, 0.05) is 12.3 Å². The number of anilines is 1. The Morgan fingerprint density at radius 3 is 2.92 bits per heavy atom. The van der Waals surface area contributed by atoms with Gasteiger partial charge in [-0.15, -0.1) is 0 Å². The molecular formula is C10H13NOS. The van der Waals surface area contributed by atoms with E-state index in [0.717, 1.165) is 22.9 Å². The van der Waals surface area contributed by atoms with Gasteiger partial charge in [-0.25, -0.2) is 0 Å². The van der Waals surface area contributed by atoms with Gasteiger partial charge < -0.3 is 5.32 Å². The molecular weight excluding hydrogens is 182 g/mol. The molecule has 1 aromatic rings. The fourth-order valence-electron chi connectivity index (χ4n) is 1.71. The number of nitrogens with one attached hydrogen (secondary N) is 1. The molecule has 2 nitrogen and oxygen atoms in total. The monoisotopic (exact) mass is 195 g/mol. The second kappa shape index (κ2) is 3.14. The van der Waals surface area contributed by atoms with Gasteiger partial charge >= 0.3 is 0 Å². The molecule has 13 heavy (non-hydrogen) atoms. The van der Waals surface area contributed by atoms with Crippen LogP contribution in [0.5, 0.6) is 0 Å². The molecule has 0 saturated carbocycles. The minimum atomic E-state index is -0.798. The minimum absolute atomic E-state index is 0.732. The largest absolute Gasteiger partial charge is 0.383 e. The van der Waals surface area contributed by atoms with E-state index in [4.69, 9.17) is 0 Å². The van der Waals surface area contributed by atoms with E-state index in [-0.39, 0.29) is 0 Å². The number of hydrogen-bond acceptors (Lipinski definition) is 2. The lowest BCUT2D eigenvalue weighted by molar-refractivity contribution is 0.681. The zero-order valence-corrected chi connectivity index (χ0v) is 8.70. The molecule has 1 aliphatic rings. The summed E-state index contributed by atoms with van der Waals surface area (Å²) >= 11 is 0. The molecule has 3 heteroatoms. The van der Waals surface area contributed by atoms with Gasteiger partial charge in [-0.1, -0.05) is 6.07 Å². The first-order valence-electron chi connectivity index (χ1n) is 4.42. The molecule has 70 valence electrons. The lowest BCUT2D eigenvalue weighted by Gasteiger charge is -2.20. The molecule has 1 atom stereocenters. The molecule has 2 rings (SSSR count). The normalized spacial score (nSPS) is 20.6. The van der Waals surface area contributed by atoms with Gasteiger partial charge in [0.15, 0.2) is 0 Å². The Hall–Kier alpha value is -0.830. The molecule has 0 fully saturated rings. The summed E-state index contributed by atoms with van der Waals surface area (Å²) < 4.78 is 11.7. The maximum Gasteiger partial charge on any atom is 0.0625 e. The second-order valence-corrected chi connectivity index (χ2v) is 4.97. The summed E-state index contributed by atoms with van der Waals surface area (Å²) in [6.45, 7) is 4.92. The van der Waals surface area contributed by atoms with Crippen LogP contribution in [0, 0.1) is 13.8 Å². The van der Waals surface area contributed by atoms with Crippen molar-refractivity contribution in [2.45, 2.75) is 18.7 Å². The Morgan fingerprint density at radius 2 is 2.15 bits per heavy atom. The fourth-order valence-corrected chi connectivity index (χ4v) is 3.00. The van der Waals surface area contributed by atoms with Crippen molar-refractivity contribution >= 4 is 16.5 Å². The molecule has 0 spiro atoms. The highest BCUT2D eigenvalue weighted by Gasteiger charge is 2.16. The third-order valence-electron chi connectivity index (χ3n) is 2.28. The highest BCUT2D eigenvalue weighted by atomic mass is 32.2. The number of aryl methyl sites for hydroxylation is 2. The van der Waals surface area contributed by atoms with Crippen LogP contribution < -0.4 is 5.32 Å². The molecule has 0 radical (unpaired) electrons. The molecule has 1 aliphatic heterocycles. The van der Waals surface area contributed by atoms with Crippen LogP contribution in [0.4, 0.5) is 5.69 Å². The van der Waals surface area contributed by atoms with E-state index in [1.165, 1.54) is 11.1 Å². The zero-order chi connectivity index (χ0) is 9.42. The van der Waals surface area contributed by atoms with Crippen LogP contribution in [0.25, 0.3) is 0 Å². The van der Waals surface area contributed by atoms with Gasteiger partial charge in [0.25, 0.3) is 0 Å². The standard InChI is InChI=1S/C10H13NOS/c1-7-5-8(2)10-9(6-7)13(12)4-3-11-10/h5-6,11H,3-4H2,1-2H3. The Labute approximate surface area is 80.8 Å². The van der Waals surface area contributed by atoms with Crippen molar-refractivity contribution in [1.82, 2.24) is 0 Å². The third-order valence-corrected chi connectivity index (χ3v) is 3.67. The highest BCUT2D eigenvalue weighted by Crippen LogP contribution is 2.28. The fraction of sp³-hybridized carbons (Fsp3) is 0.400. The molecule has 0 aromatic heterocycles. The molecule has 1 aromatic carbocycles. The summed E-state index contributed by atoms with van der Waals surface area (Å²) in [5.41, 5.74) is 3.46. The van der Waals surface area contributed by atoms with E-state index in [0.29, 0.717) is 0 Å². The summed E-state index contributed by atoms with van der Waals surface area (Å²) in [4.78, 5) is 0.976. The minimum Gasteiger partial charge on any atom is -0.383 e. The first kappa shape index (κ1) is 8.75. The Bertz CT molecular complexity index is 373. The summed E-state index contributed by atoms with van der Waals surface area (Å²) in [6, 6.07) is 4.14. The number of hydrogen-bond donors (Lipinski definition) is 1. The molecule has 1 N–H and O–H groups in total. The van der Waals surface area contributed by atoms with E-state index >= 15 is 0 Å². The van der Waals surface area contributed by atoms with Gasteiger partial charge in [0.1, 0.15) is 0 Å². The van der Waals surface area contributed by atoms with Gasteiger partial charge in [-0.2, -0.15) is 0 Å². The number of fused-ring (bicyclic) bond motifs is 1. The summed E-state index contributed by atoms with van der Waals surface area (Å²) in [5, 5.41) is 3.30. The maximum absolute atomic E-state index is 11.7. The average molecular weight is 195 g/mol. The first-order valence-corrected chi connectivity index (χ1v) is 5.74. The van der Waals surface area contributed by atoms with Crippen LogP contribution >= 0.6 is 0 Å². The summed E-state index contributed by atoms with van der Waals surface area (Å²) in [7, 11) is -0.798. The molecule has 0 saturated heterocycles. The smallest absolute Gasteiger partial charge is 0.0625 e. The lowest BCUT2D eigenvalue weighted by atomic mass is 10.1. The van der Waals surface area contributed by atoms with Crippen molar-refractivity contribution in [2.24, 2.45) is 0 Å². The number of benzene rings is 1. The predicted molar refractivity (Wildman–Crippen MR) is 55.7 cm³/mol. The Balaban J connectivity index is 2.63. The number of rotatable bonds is 0. The lowest BCUT2D eigenvalue weighted by Crippen LogP contribution is -2.19. The van der Waals surface area contributed by atoms with Gasteiger partial charge in [-0.05, 0) is 31.0 Å². The average Bonchev–Trinajstić information content (AvgIpc) is 2.07. The predicted octanol–water partition coefficient (Wildman–Crippen LogP) is 1.84. The van der Waals surface area contributed by atoms with Crippen molar-refractivity contribution < 1.29 is 4.21 Å². The van der Waals surface area contributed by atoms with Gasteiger partial charge in [0.05, 0.1) is 21.4 Å². The van der Waals surface area contributed by atoms with E-state index in [2.05, 4.69) is 18.3 Å². The topological polar surface area (TPSA) is 29.1 Å². The first-order chi connectivity index (χ1) is 6.18. The van der Waals surface area contributed by atoms with Crippen molar-refractivity contribution in [3.63, 3.8) is 0 Å². The van der Waals surface area contributed by atoms with Crippen LogP contribution in [-0.4, -0.2) is 16.5 Å². The van der Waals surface area contributed by atoms with E-state index in [9.17, 15) is 4.21 Å². The molecule has 1 unspecified atom stereocenters. The van der Waals surface area contributed by atoms with Crippen molar-refractivity contribution in [3.05, 3.63) is 23.3 Å². The highest BCUT2D eigenvalue weighted by molar-refractivity contribution is 7.85. The molecule has 1 heterocycles. The third kappa shape index (κ3) is 1.48. The van der Waals surface area contributed by atoms with Gasteiger partial charge in [-0.3, -0.25) is 4.21 Å². The maximum atomic E-state index is 11.7. The van der Waals surface area contributed by atoms with Crippen molar-refractivity contribution in [2.75, 3.05) is 17.6 Å². The molecule has 0 amide bonds. The summed E-state index contributed by atoms with van der Waals surface area (Å²) in [6.07, 6.45) is 0. The quantitative estimate of drug-likeness (QED) is 0.684. The Morgan fingerprint density at radius 1 is 1.38 bits per heavy atom. The zero-order valence-electron chi connectivity index (χ0n) is 7.89. The second-order valence-electron chi connectivity index (χ2n) is 3.43. The van der Waals surface area contributed by atoms with Crippen LogP contribution in [0.2, 0.25) is 0 Å².